The smallest absolute Gasteiger partial charge is 0.291 e. The summed E-state index contributed by atoms with van der Waals surface area (Å²) in [4.78, 5) is 29.6. The van der Waals surface area contributed by atoms with Crippen LogP contribution in [0.4, 0.5) is 0 Å². The number of fused-ring (bicyclic) bond motifs is 3. The summed E-state index contributed by atoms with van der Waals surface area (Å²) in [5, 5.41) is 8.72. The van der Waals surface area contributed by atoms with Gasteiger partial charge in [-0.05, 0) is 24.6 Å². The first-order valence-electron chi connectivity index (χ1n) is 8.69. The Morgan fingerprint density at radius 3 is 2.74 bits per heavy atom. The molecule has 1 aromatic carbocycles. The molecule has 3 aromatic heterocycles. The van der Waals surface area contributed by atoms with E-state index in [2.05, 4.69) is 15.4 Å². The number of rotatable bonds is 4. The largest absolute Gasteiger partial charge is 0.350 e. The van der Waals surface area contributed by atoms with Gasteiger partial charge in [-0.3, -0.25) is 14.6 Å². The number of pyridine rings is 1. The number of aromatic nitrogens is 4. The maximum Gasteiger partial charge on any atom is 0.291 e. The van der Waals surface area contributed by atoms with E-state index in [1.54, 1.807) is 37.1 Å². The predicted octanol–water partition coefficient (Wildman–Crippen LogP) is 2.16. The standard InChI is InChI=1S/C20H19N5O2/c1-13(19(26)22-11-14-6-5-9-21-10-14)25-17-8-4-3-7-15(17)16-12-23-24(2)20(27)18(16)25/h3-10,12-13H,11H2,1-2H3,(H,22,26)/t13-/m0/s1. The SMILES string of the molecule is C[C@@H](C(=O)NCc1cccnc1)n1c2ccccc2c2cnn(C)c(=O)c21. The molecule has 1 N–H and O–H groups in total. The van der Waals surface area contributed by atoms with Gasteiger partial charge in [-0.1, -0.05) is 24.3 Å². The highest BCUT2D eigenvalue weighted by atomic mass is 16.2. The van der Waals surface area contributed by atoms with Crippen molar-refractivity contribution in [2.24, 2.45) is 7.05 Å². The molecule has 1 amide bonds. The third kappa shape index (κ3) is 2.87. The van der Waals surface area contributed by atoms with Crippen molar-refractivity contribution in [1.29, 1.82) is 0 Å². The van der Waals surface area contributed by atoms with Gasteiger partial charge in [-0.25, -0.2) is 4.68 Å². The van der Waals surface area contributed by atoms with E-state index in [0.29, 0.717) is 12.1 Å². The molecule has 7 heteroatoms. The van der Waals surface area contributed by atoms with Crippen LogP contribution < -0.4 is 10.9 Å². The number of nitrogens with zero attached hydrogens (tertiary/aromatic N) is 4. The van der Waals surface area contributed by atoms with E-state index in [1.807, 2.05) is 36.4 Å². The molecule has 4 rings (SSSR count). The van der Waals surface area contributed by atoms with E-state index in [1.165, 1.54) is 4.68 Å². The Hall–Kier alpha value is -3.48. The lowest BCUT2D eigenvalue weighted by atomic mass is 10.2. The zero-order valence-electron chi connectivity index (χ0n) is 15.1. The first kappa shape index (κ1) is 17.0. The molecule has 0 aliphatic rings. The second kappa shape index (κ2) is 6.68. The molecule has 1 atom stereocenters. The fourth-order valence-corrected chi connectivity index (χ4v) is 3.35. The van der Waals surface area contributed by atoms with Crippen LogP contribution in [-0.2, 0) is 18.4 Å². The van der Waals surface area contributed by atoms with E-state index >= 15 is 0 Å². The van der Waals surface area contributed by atoms with E-state index in [0.717, 1.165) is 21.9 Å². The number of nitrogens with one attached hydrogen (secondary N) is 1. The van der Waals surface area contributed by atoms with Gasteiger partial charge in [0.2, 0.25) is 5.91 Å². The summed E-state index contributed by atoms with van der Waals surface area (Å²) < 4.78 is 3.09. The van der Waals surface area contributed by atoms with Gasteiger partial charge in [0.1, 0.15) is 11.6 Å². The molecule has 136 valence electrons. The van der Waals surface area contributed by atoms with Crippen molar-refractivity contribution in [3.63, 3.8) is 0 Å². The maximum atomic E-state index is 12.8. The van der Waals surface area contributed by atoms with E-state index in [-0.39, 0.29) is 11.5 Å². The van der Waals surface area contributed by atoms with Gasteiger partial charge in [0, 0.05) is 36.8 Å². The number of hydrogen-bond acceptors (Lipinski definition) is 4. The number of carbonyl (C=O) groups excluding carboxylic acids is 1. The predicted molar refractivity (Wildman–Crippen MR) is 103 cm³/mol. The number of aryl methyl sites for hydroxylation is 1. The molecule has 0 aliphatic carbocycles. The van der Waals surface area contributed by atoms with E-state index in [9.17, 15) is 9.59 Å². The van der Waals surface area contributed by atoms with Gasteiger partial charge in [0.05, 0.1) is 11.7 Å². The zero-order chi connectivity index (χ0) is 19.0. The van der Waals surface area contributed by atoms with Crippen molar-refractivity contribution < 1.29 is 4.79 Å². The fourth-order valence-electron chi connectivity index (χ4n) is 3.35. The topological polar surface area (TPSA) is 81.8 Å². The lowest BCUT2D eigenvalue weighted by molar-refractivity contribution is -0.123. The summed E-state index contributed by atoms with van der Waals surface area (Å²) in [6.45, 7) is 2.18. The minimum Gasteiger partial charge on any atom is -0.350 e. The molecule has 4 aromatic rings. The molecular formula is C20H19N5O2. The summed E-state index contributed by atoms with van der Waals surface area (Å²) in [5.41, 5.74) is 2.01. The average molecular weight is 361 g/mol. The van der Waals surface area contributed by atoms with Crippen LogP contribution in [0.25, 0.3) is 21.8 Å². The third-order valence-corrected chi connectivity index (χ3v) is 4.76. The van der Waals surface area contributed by atoms with Crippen LogP contribution in [0.15, 0.2) is 59.8 Å². The van der Waals surface area contributed by atoms with Crippen LogP contribution in [-0.4, -0.2) is 25.2 Å². The first-order valence-corrected chi connectivity index (χ1v) is 8.69. The molecule has 0 saturated heterocycles. The quantitative estimate of drug-likeness (QED) is 0.604. The first-order chi connectivity index (χ1) is 13.1. The van der Waals surface area contributed by atoms with Crippen molar-refractivity contribution in [2.75, 3.05) is 0 Å². The Kier molecular flexibility index (Phi) is 4.19. The highest BCUT2D eigenvalue weighted by molar-refractivity contribution is 6.08. The molecular weight excluding hydrogens is 342 g/mol. The van der Waals surface area contributed by atoms with Crippen molar-refractivity contribution >= 4 is 27.7 Å². The summed E-state index contributed by atoms with van der Waals surface area (Å²) in [6, 6.07) is 10.8. The third-order valence-electron chi connectivity index (χ3n) is 4.76. The zero-order valence-corrected chi connectivity index (χ0v) is 15.1. The maximum absolute atomic E-state index is 12.8. The summed E-state index contributed by atoms with van der Waals surface area (Å²) >= 11 is 0. The normalized spacial score (nSPS) is 12.4. The molecule has 0 aliphatic heterocycles. The molecule has 0 unspecified atom stereocenters. The van der Waals surface area contributed by atoms with Crippen LogP contribution in [0.2, 0.25) is 0 Å². The van der Waals surface area contributed by atoms with Crippen molar-refractivity contribution in [2.45, 2.75) is 19.5 Å². The summed E-state index contributed by atoms with van der Waals surface area (Å²) in [5.74, 6) is -0.166. The highest BCUT2D eigenvalue weighted by Gasteiger charge is 2.23. The van der Waals surface area contributed by atoms with E-state index < -0.39 is 6.04 Å². The number of carbonyl (C=O) groups is 1. The monoisotopic (exact) mass is 361 g/mol. The van der Waals surface area contributed by atoms with Crippen LogP contribution >= 0.6 is 0 Å². The van der Waals surface area contributed by atoms with Crippen LogP contribution in [0.5, 0.6) is 0 Å². The second-order valence-corrected chi connectivity index (χ2v) is 6.48. The molecule has 27 heavy (non-hydrogen) atoms. The number of hydrogen-bond donors (Lipinski definition) is 1. The summed E-state index contributed by atoms with van der Waals surface area (Å²) in [6.07, 6.45) is 5.08. The number of amides is 1. The van der Waals surface area contributed by atoms with Crippen molar-refractivity contribution in [3.05, 3.63) is 70.9 Å². The van der Waals surface area contributed by atoms with Gasteiger partial charge in [0.15, 0.2) is 0 Å². The van der Waals surface area contributed by atoms with Gasteiger partial charge >= 0.3 is 0 Å². The molecule has 0 bridgehead atoms. The van der Waals surface area contributed by atoms with Crippen LogP contribution in [0, 0.1) is 0 Å². The molecule has 0 radical (unpaired) electrons. The lowest BCUT2D eigenvalue weighted by Crippen LogP contribution is -2.32. The minimum absolute atomic E-state index is 0.166. The number of benzene rings is 1. The molecule has 0 saturated carbocycles. The van der Waals surface area contributed by atoms with Crippen LogP contribution in [0.1, 0.15) is 18.5 Å². The molecule has 7 nitrogen and oxygen atoms in total. The van der Waals surface area contributed by atoms with Crippen LogP contribution in [0.3, 0.4) is 0 Å². The Bertz CT molecular complexity index is 1190. The highest BCUT2D eigenvalue weighted by Crippen LogP contribution is 2.29. The number of para-hydroxylation sites is 1. The molecule has 0 fully saturated rings. The second-order valence-electron chi connectivity index (χ2n) is 6.48. The van der Waals surface area contributed by atoms with Gasteiger partial charge in [-0.15, -0.1) is 0 Å². The Labute approximate surface area is 155 Å². The van der Waals surface area contributed by atoms with Crippen molar-refractivity contribution in [3.8, 4) is 0 Å². The molecule has 3 heterocycles. The van der Waals surface area contributed by atoms with Gasteiger partial charge in [-0.2, -0.15) is 5.10 Å². The summed E-state index contributed by atoms with van der Waals surface area (Å²) in [7, 11) is 1.61. The molecule has 0 spiro atoms. The fraction of sp³-hybridized carbons (Fsp3) is 0.200. The minimum atomic E-state index is -0.556. The van der Waals surface area contributed by atoms with Crippen molar-refractivity contribution in [1.82, 2.24) is 24.6 Å². The Morgan fingerprint density at radius 2 is 1.96 bits per heavy atom. The average Bonchev–Trinajstić information content (AvgIpc) is 3.04. The van der Waals surface area contributed by atoms with Gasteiger partial charge in [0.25, 0.3) is 5.56 Å². The van der Waals surface area contributed by atoms with Gasteiger partial charge < -0.3 is 9.88 Å². The lowest BCUT2D eigenvalue weighted by Gasteiger charge is -2.16. The Balaban J connectivity index is 1.78. The Morgan fingerprint density at radius 1 is 1.15 bits per heavy atom. The van der Waals surface area contributed by atoms with E-state index in [4.69, 9.17) is 0 Å².